The van der Waals surface area contributed by atoms with Gasteiger partial charge in [0.1, 0.15) is 0 Å². The van der Waals surface area contributed by atoms with Crippen molar-refractivity contribution >= 4 is 17.5 Å². The molecule has 5 nitrogen and oxygen atoms in total. The molecular formula is C18H24ClN3O2. The molecule has 1 amide bonds. The maximum Gasteiger partial charge on any atom is 0.254 e. The number of carbonyl (C=O) groups excluding carboxylic acids is 1. The molecule has 0 saturated heterocycles. The molecule has 1 unspecified atom stereocenters. The van der Waals surface area contributed by atoms with Gasteiger partial charge >= 0.3 is 0 Å². The molecule has 1 heterocycles. The summed E-state index contributed by atoms with van der Waals surface area (Å²) in [6.45, 7) is 6.20. The number of nitrogens with zero attached hydrogens (tertiary/aromatic N) is 2. The molecule has 1 atom stereocenters. The quantitative estimate of drug-likeness (QED) is 0.801. The van der Waals surface area contributed by atoms with Crippen molar-refractivity contribution in [1.29, 1.82) is 0 Å². The van der Waals surface area contributed by atoms with Gasteiger partial charge in [-0.2, -0.15) is 5.10 Å². The monoisotopic (exact) mass is 349 g/mol. The first-order valence-corrected chi connectivity index (χ1v) is 8.62. The summed E-state index contributed by atoms with van der Waals surface area (Å²) in [5.41, 5.74) is 1.98. The zero-order chi connectivity index (χ0) is 17.7. The van der Waals surface area contributed by atoms with Crippen LogP contribution in [0.2, 0.25) is 5.02 Å². The van der Waals surface area contributed by atoms with E-state index in [9.17, 15) is 9.90 Å². The van der Waals surface area contributed by atoms with Gasteiger partial charge in [0.25, 0.3) is 5.91 Å². The number of rotatable bonds is 7. The Bertz CT molecular complexity index is 695. The Labute approximate surface area is 147 Å². The van der Waals surface area contributed by atoms with Gasteiger partial charge in [0, 0.05) is 22.8 Å². The van der Waals surface area contributed by atoms with Gasteiger partial charge < -0.3 is 10.4 Å². The largest absolute Gasteiger partial charge is 0.387 e. The van der Waals surface area contributed by atoms with E-state index in [1.54, 1.807) is 30.5 Å². The summed E-state index contributed by atoms with van der Waals surface area (Å²) in [5.74, 6) is -0.240. The molecule has 0 aliphatic heterocycles. The number of halogens is 1. The van der Waals surface area contributed by atoms with Gasteiger partial charge in [-0.25, -0.2) is 0 Å². The molecule has 0 aliphatic carbocycles. The molecule has 0 spiro atoms. The maximum absolute atomic E-state index is 12.4. The maximum atomic E-state index is 12.4. The van der Waals surface area contributed by atoms with Crippen LogP contribution in [0.5, 0.6) is 0 Å². The van der Waals surface area contributed by atoms with Crippen LogP contribution in [-0.4, -0.2) is 27.3 Å². The average Bonchev–Trinajstić information content (AvgIpc) is 2.96. The van der Waals surface area contributed by atoms with Crippen molar-refractivity contribution in [3.05, 3.63) is 52.3 Å². The number of amides is 1. The fourth-order valence-corrected chi connectivity index (χ4v) is 3.05. The standard InChI is InChI=1S/C18H24ClN3O2/c1-4-13(5-2)22-12(3)15(10-21-22)18(24)20-11-17(23)14-8-6-7-9-16(14)19/h6-10,13,17,23H,4-5,11H2,1-3H3,(H,20,24). The average molecular weight is 350 g/mol. The number of aliphatic hydroxyl groups excluding tert-OH is 1. The van der Waals surface area contributed by atoms with E-state index in [1.165, 1.54) is 0 Å². The Morgan fingerprint density at radius 2 is 2.00 bits per heavy atom. The van der Waals surface area contributed by atoms with Crippen LogP contribution in [0.15, 0.2) is 30.5 Å². The van der Waals surface area contributed by atoms with E-state index >= 15 is 0 Å². The first-order valence-electron chi connectivity index (χ1n) is 8.24. The lowest BCUT2D eigenvalue weighted by Gasteiger charge is -2.16. The molecule has 1 aromatic carbocycles. The molecule has 0 radical (unpaired) electrons. The minimum atomic E-state index is -0.850. The van der Waals surface area contributed by atoms with Gasteiger partial charge in [0.2, 0.25) is 0 Å². The van der Waals surface area contributed by atoms with Crippen LogP contribution < -0.4 is 5.32 Å². The van der Waals surface area contributed by atoms with Gasteiger partial charge in [-0.05, 0) is 25.8 Å². The highest BCUT2D eigenvalue weighted by Gasteiger charge is 2.19. The summed E-state index contributed by atoms with van der Waals surface area (Å²) >= 11 is 6.06. The Morgan fingerprint density at radius 3 is 2.62 bits per heavy atom. The summed E-state index contributed by atoms with van der Waals surface area (Å²) in [6.07, 6.45) is 2.67. The molecule has 2 aromatic rings. The summed E-state index contributed by atoms with van der Waals surface area (Å²) < 4.78 is 1.90. The summed E-state index contributed by atoms with van der Waals surface area (Å²) in [6, 6.07) is 7.35. The van der Waals surface area contributed by atoms with Crippen LogP contribution in [0.4, 0.5) is 0 Å². The fraction of sp³-hybridized carbons (Fsp3) is 0.444. The Hall–Kier alpha value is -1.85. The molecule has 2 rings (SSSR count). The van der Waals surface area contributed by atoms with Crippen molar-refractivity contribution in [2.24, 2.45) is 0 Å². The molecule has 24 heavy (non-hydrogen) atoms. The highest BCUT2D eigenvalue weighted by molar-refractivity contribution is 6.31. The number of aliphatic hydroxyl groups is 1. The second-order valence-corrected chi connectivity index (χ2v) is 6.21. The van der Waals surface area contributed by atoms with Crippen molar-refractivity contribution in [3.63, 3.8) is 0 Å². The number of hydrogen-bond donors (Lipinski definition) is 2. The molecular weight excluding hydrogens is 326 g/mol. The van der Waals surface area contributed by atoms with Crippen molar-refractivity contribution in [2.45, 2.75) is 45.8 Å². The van der Waals surface area contributed by atoms with Gasteiger partial charge in [-0.3, -0.25) is 9.48 Å². The van der Waals surface area contributed by atoms with Gasteiger partial charge in [-0.1, -0.05) is 43.6 Å². The third kappa shape index (κ3) is 3.97. The fourth-order valence-electron chi connectivity index (χ4n) is 2.79. The smallest absolute Gasteiger partial charge is 0.254 e. The zero-order valence-electron chi connectivity index (χ0n) is 14.3. The van der Waals surface area contributed by atoms with Crippen LogP contribution >= 0.6 is 11.6 Å². The van der Waals surface area contributed by atoms with Crippen molar-refractivity contribution in [3.8, 4) is 0 Å². The SMILES string of the molecule is CCC(CC)n1ncc(C(=O)NCC(O)c2ccccc2Cl)c1C. The minimum absolute atomic E-state index is 0.0954. The number of carbonyl (C=O) groups is 1. The summed E-state index contributed by atoms with van der Waals surface area (Å²) in [5, 5.41) is 17.8. The van der Waals surface area contributed by atoms with Crippen LogP contribution in [0, 0.1) is 6.92 Å². The second kappa shape index (κ2) is 8.31. The molecule has 2 N–H and O–H groups in total. The number of aromatic nitrogens is 2. The Kier molecular flexibility index (Phi) is 6.40. The minimum Gasteiger partial charge on any atom is -0.387 e. The van der Waals surface area contributed by atoms with Crippen LogP contribution in [0.3, 0.4) is 0 Å². The second-order valence-electron chi connectivity index (χ2n) is 5.81. The topological polar surface area (TPSA) is 67.2 Å². The normalized spacial score (nSPS) is 12.4. The van der Waals surface area contributed by atoms with E-state index in [0.29, 0.717) is 22.2 Å². The number of nitrogens with one attached hydrogen (secondary N) is 1. The molecule has 1 aromatic heterocycles. The lowest BCUT2D eigenvalue weighted by molar-refractivity contribution is 0.0915. The molecule has 0 fully saturated rings. The van der Waals surface area contributed by atoms with Gasteiger partial charge in [-0.15, -0.1) is 0 Å². The van der Waals surface area contributed by atoms with Crippen molar-refractivity contribution in [1.82, 2.24) is 15.1 Å². The lowest BCUT2D eigenvalue weighted by atomic mass is 10.1. The van der Waals surface area contributed by atoms with Crippen LogP contribution in [0.1, 0.15) is 60.5 Å². The van der Waals surface area contributed by atoms with E-state index < -0.39 is 6.10 Å². The zero-order valence-corrected chi connectivity index (χ0v) is 15.0. The Morgan fingerprint density at radius 1 is 1.33 bits per heavy atom. The lowest BCUT2D eigenvalue weighted by Crippen LogP contribution is -2.29. The van der Waals surface area contributed by atoms with Crippen LogP contribution in [-0.2, 0) is 0 Å². The van der Waals surface area contributed by atoms with E-state index in [0.717, 1.165) is 18.5 Å². The molecule has 0 saturated carbocycles. The van der Waals surface area contributed by atoms with Crippen LogP contribution in [0.25, 0.3) is 0 Å². The molecule has 0 bridgehead atoms. The molecule has 130 valence electrons. The van der Waals surface area contributed by atoms with E-state index in [-0.39, 0.29) is 12.5 Å². The van der Waals surface area contributed by atoms with Crippen molar-refractivity contribution in [2.75, 3.05) is 6.54 Å². The van der Waals surface area contributed by atoms with E-state index in [4.69, 9.17) is 11.6 Å². The molecule has 6 heteroatoms. The third-order valence-corrected chi connectivity index (χ3v) is 4.64. The highest BCUT2D eigenvalue weighted by Crippen LogP contribution is 2.22. The number of hydrogen-bond acceptors (Lipinski definition) is 3. The summed E-state index contributed by atoms with van der Waals surface area (Å²) in [4.78, 5) is 12.4. The third-order valence-electron chi connectivity index (χ3n) is 4.30. The highest BCUT2D eigenvalue weighted by atomic mass is 35.5. The first kappa shape index (κ1) is 18.5. The first-order chi connectivity index (χ1) is 11.5. The predicted octanol–water partition coefficient (Wildman–Crippen LogP) is 3.67. The van der Waals surface area contributed by atoms with Crippen molar-refractivity contribution < 1.29 is 9.90 Å². The number of benzene rings is 1. The van der Waals surface area contributed by atoms with E-state index in [1.807, 2.05) is 11.6 Å². The molecule has 0 aliphatic rings. The van der Waals surface area contributed by atoms with Gasteiger partial charge in [0.05, 0.1) is 23.9 Å². The predicted molar refractivity (Wildman–Crippen MR) is 95.3 cm³/mol. The summed E-state index contributed by atoms with van der Waals surface area (Å²) in [7, 11) is 0. The van der Waals surface area contributed by atoms with Gasteiger partial charge in [0.15, 0.2) is 0 Å². The van der Waals surface area contributed by atoms with E-state index in [2.05, 4.69) is 24.3 Å². The Balaban J connectivity index is 2.04.